The Morgan fingerprint density at radius 2 is 1.81 bits per heavy atom. The van der Waals surface area contributed by atoms with Gasteiger partial charge in [-0.1, -0.05) is 29.8 Å². The lowest BCUT2D eigenvalue weighted by Gasteiger charge is -2.13. The van der Waals surface area contributed by atoms with E-state index in [0.29, 0.717) is 31.0 Å². The molecule has 4 rings (SSSR count). The molecule has 0 aliphatic heterocycles. The molecule has 0 aliphatic rings. The second kappa shape index (κ2) is 9.56. The first kappa shape index (κ1) is 21.4. The summed E-state index contributed by atoms with van der Waals surface area (Å²) in [5, 5.41) is 2.97. The quantitative estimate of drug-likeness (QED) is 0.442. The summed E-state index contributed by atoms with van der Waals surface area (Å²) in [5.74, 6) is 2.23. The summed E-state index contributed by atoms with van der Waals surface area (Å²) in [6, 6.07) is 21.2. The van der Waals surface area contributed by atoms with E-state index in [1.807, 2.05) is 30.3 Å². The van der Waals surface area contributed by atoms with E-state index in [4.69, 9.17) is 14.5 Å². The van der Waals surface area contributed by atoms with Gasteiger partial charge in [0.25, 0.3) is 5.91 Å². The highest BCUT2D eigenvalue weighted by Gasteiger charge is 2.13. The highest BCUT2D eigenvalue weighted by molar-refractivity contribution is 5.94. The molecule has 0 aliphatic carbocycles. The van der Waals surface area contributed by atoms with Crippen molar-refractivity contribution in [3.05, 3.63) is 89.2 Å². The van der Waals surface area contributed by atoms with Crippen LogP contribution in [0.4, 0.5) is 0 Å². The zero-order valence-corrected chi connectivity index (χ0v) is 18.6. The minimum Gasteiger partial charge on any atom is -0.497 e. The molecule has 0 saturated heterocycles. The van der Waals surface area contributed by atoms with Crippen LogP contribution < -0.4 is 14.8 Å². The summed E-state index contributed by atoms with van der Waals surface area (Å²) >= 11 is 0. The molecular formula is C26H27N3O3. The highest BCUT2D eigenvalue weighted by atomic mass is 16.5. The number of methoxy groups -OCH3 is 1. The maximum atomic E-state index is 12.6. The highest BCUT2D eigenvalue weighted by Crippen LogP contribution is 2.20. The molecule has 1 heterocycles. The molecule has 0 fully saturated rings. The summed E-state index contributed by atoms with van der Waals surface area (Å²) in [6.07, 6.45) is 0. The predicted molar refractivity (Wildman–Crippen MR) is 125 cm³/mol. The van der Waals surface area contributed by atoms with Gasteiger partial charge in [-0.3, -0.25) is 4.79 Å². The topological polar surface area (TPSA) is 65.4 Å². The molecular weight excluding hydrogens is 402 g/mol. The molecule has 1 amide bonds. The molecule has 0 bridgehead atoms. The van der Waals surface area contributed by atoms with Crippen molar-refractivity contribution in [2.45, 2.75) is 26.9 Å². The Hall–Kier alpha value is -3.80. The maximum absolute atomic E-state index is 12.6. The van der Waals surface area contributed by atoms with Crippen LogP contribution in [0.15, 0.2) is 66.7 Å². The lowest BCUT2D eigenvalue weighted by molar-refractivity contribution is 0.0949. The molecule has 0 spiro atoms. The van der Waals surface area contributed by atoms with Gasteiger partial charge >= 0.3 is 0 Å². The molecule has 3 aromatic carbocycles. The number of benzene rings is 3. The molecule has 164 valence electrons. The monoisotopic (exact) mass is 429 g/mol. The zero-order chi connectivity index (χ0) is 22.5. The number of nitrogens with zero attached hydrogens (tertiary/aromatic N) is 2. The van der Waals surface area contributed by atoms with Crippen LogP contribution in [0.5, 0.6) is 11.5 Å². The minimum atomic E-state index is -0.155. The lowest BCUT2D eigenvalue weighted by atomic mass is 10.1. The number of imidazole rings is 1. The Balaban J connectivity index is 1.47. The number of hydrogen-bond acceptors (Lipinski definition) is 4. The number of carbonyl (C=O) groups excluding carboxylic acids is 1. The fraction of sp³-hybridized carbons (Fsp3) is 0.231. The van der Waals surface area contributed by atoms with Crippen LogP contribution in [0.2, 0.25) is 0 Å². The third-order valence-electron chi connectivity index (χ3n) is 5.40. The van der Waals surface area contributed by atoms with Crippen LogP contribution in [0.1, 0.15) is 27.3 Å². The molecule has 6 heteroatoms. The Morgan fingerprint density at radius 3 is 2.56 bits per heavy atom. The summed E-state index contributed by atoms with van der Waals surface area (Å²) in [7, 11) is 1.60. The van der Waals surface area contributed by atoms with Crippen molar-refractivity contribution in [2.24, 2.45) is 0 Å². The average molecular weight is 430 g/mol. The van der Waals surface area contributed by atoms with E-state index < -0.39 is 0 Å². The molecule has 32 heavy (non-hydrogen) atoms. The van der Waals surface area contributed by atoms with Crippen LogP contribution in [-0.4, -0.2) is 29.2 Å². The van der Waals surface area contributed by atoms with E-state index in [1.54, 1.807) is 31.4 Å². The van der Waals surface area contributed by atoms with Crippen LogP contribution in [-0.2, 0) is 13.1 Å². The van der Waals surface area contributed by atoms with E-state index in [2.05, 4.69) is 35.9 Å². The zero-order valence-electron chi connectivity index (χ0n) is 18.6. The van der Waals surface area contributed by atoms with Crippen LogP contribution >= 0.6 is 0 Å². The second-order valence-corrected chi connectivity index (χ2v) is 7.70. The first-order chi connectivity index (χ1) is 15.5. The van der Waals surface area contributed by atoms with Gasteiger partial charge in [-0.05, 0) is 61.9 Å². The van der Waals surface area contributed by atoms with Gasteiger partial charge in [0.1, 0.15) is 23.9 Å². The first-order valence-corrected chi connectivity index (χ1v) is 10.6. The number of fused-ring (bicyclic) bond motifs is 1. The normalized spacial score (nSPS) is 10.8. The number of carbonyl (C=O) groups is 1. The number of amides is 1. The Kier molecular flexibility index (Phi) is 6.40. The van der Waals surface area contributed by atoms with Gasteiger partial charge in [0.05, 0.1) is 31.2 Å². The van der Waals surface area contributed by atoms with E-state index in [9.17, 15) is 4.79 Å². The molecule has 0 saturated carbocycles. The van der Waals surface area contributed by atoms with Gasteiger partial charge in [0.2, 0.25) is 0 Å². The van der Waals surface area contributed by atoms with Crippen molar-refractivity contribution in [3.8, 4) is 11.5 Å². The summed E-state index contributed by atoms with van der Waals surface area (Å²) < 4.78 is 13.3. The largest absolute Gasteiger partial charge is 0.497 e. The number of hydrogen-bond donors (Lipinski definition) is 1. The maximum Gasteiger partial charge on any atom is 0.251 e. The summed E-state index contributed by atoms with van der Waals surface area (Å²) in [6.45, 7) is 5.57. The Labute approximate surface area is 187 Å². The number of nitrogens with one attached hydrogen (secondary N) is 1. The Bertz CT molecular complexity index is 1230. The molecule has 0 radical (unpaired) electrons. The number of aromatic nitrogens is 2. The van der Waals surface area contributed by atoms with Crippen LogP contribution in [0.25, 0.3) is 11.0 Å². The van der Waals surface area contributed by atoms with E-state index in [1.165, 1.54) is 5.56 Å². The van der Waals surface area contributed by atoms with Gasteiger partial charge in [0, 0.05) is 5.56 Å². The van der Waals surface area contributed by atoms with Crippen LogP contribution in [0, 0.1) is 13.8 Å². The van der Waals surface area contributed by atoms with Crippen molar-refractivity contribution in [1.82, 2.24) is 14.9 Å². The van der Waals surface area contributed by atoms with Gasteiger partial charge in [0.15, 0.2) is 0 Å². The van der Waals surface area contributed by atoms with Gasteiger partial charge in [-0.2, -0.15) is 0 Å². The van der Waals surface area contributed by atoms with Crippen LogP contribution in [0.3, 0.4) is 0 Å². The molecule has 0 atom stereocenters. The number of para-hydroxylation sites is 2. The molecule has 1 N–H and O–H groups in total. The summed E-state index contributed by atoms with van der Waals surface area (Å²) in [5.41, 5.74) is 4.82. The van der Waals surface area contributed by atoms with Crippen molar-refractivity contribution in [3.63, 3.8) is 0 Å². The fourth-order valence-corrected chi connectivity index (χ4v) is 3.72. The Morgan fingerprint density at radius 1 is 1.03 bits per heavy atom. The fourth-order valence-electron chi connectivity index (χ4n) is 3.72. The third kappa shape index (κ3) is 4.75. The minimum absolute atomic E-state index is 0.155. The third-order valence-corrected chi connectivity index (χ3v) is 5.40. The predicted octanol–water partition coefficient (Wildman–Crippen LogP) is 4.67. The van der Waals surface area contributed by atoms with Gasteiger partial charge < -0.3 is 19.4 Å². The van der Waals surface area contributed by atoms with Crippen molar-refractivity contribution in [2.75, 3.05) is 13.7 Å². The first-order valence-electron chi connectivity index (χ1n) is 10.6. The smallest absolute Gasteiger partial charge is 0.251 e. The second-order valence-electron chi connectivity index (χ2n) is 7.70. The SMILES string of the molecule is COc1ccc(C(=O)NCc2nc3ccccc3n2CCOc2ccc(C)cc2C)cc1. The van der Waals surface area contributed by atoms with E-state index in [0.717, 1.165) is 28.2 Å². The summed E-state index contributed by atoms with van der Waals surface area (Å²) in [4.78, 5) is 17.3. The number of rotatable bonds is 8. The average Bonchev–Trinajstić information content (AvgIpc) is 3.16. The number of aryl methyl sites for hydroxylation is 2. The van der Waals surface area contributed by atoms with Crippen molar-refractivity contribution >= 4 is 16.9 Å². The van der Waals surface area contributed by atoms with E-state index >= 15 is 0 Å². The molecule has 4 aromatic rings. The van der Waals surface area contributed by atoms with Gasteiger partial charge in [-0.25, -0.2) is 4.98 Å². The van der Waals surface area contributed by atoms with Crippen molar-refractivity contribution < 1.29 is 14.3 Å². The van der Waals surface area contributed by atoms with E-state index in [-0.39, 0.29) is 5.91 Å². The molecule has 6 nitrogen and oxygen atoms in total. The lowest BCUT2D eigenvalue weighted by Crippen LogP contribution is -2.25. The molecule has 1 aromatic heterocycles. The number of ether oxygens (including phenoxy) is 2. The standard InChI is InChI=1S/C26H27N3O3/c1-18-8-13-24(19(2)16-18)32-15-14-29-23-7-5-4-6-22(23)28-25(29)17-27-26(30)20-9-11-21(31-3)12-10-20/h4-13,16H,14-15,17H2,1-3H3,(H,27,30). The molecule has 0 unspecified atom stereocenters. The van der Waals surface area contributed by atoms with Gasteiger partial charge in [-0.15, -0.1) is 0 Å². The van der Waals surface area contributed by atoms with Crippen molar-refractivity contribution in [1.29, 1.82) is 0 Å².